The summed E-state index contributed by atoms with van der Waals surface area (Å²) >= 11 is 5.43. The van der Waals surface area contributed by atoms with Crippen LogP contribution in [0.2, 0.25) is 0 Å². The van der Waals surface area contributed by atoms with E-state index in [4.69, 9.17) is 16.3 Å². The summed E-state index contributed by atoms with van der Waals surface area (Å²) in [6.07, 6.45) is 0. The molecule has 1 rings (SSSR count). The number of benzene rings is 1. The van der Waals surface area contributed by atoms with Crippen LogP contribution in [0.5, 0.6) is 0 Å². The first kappa shape index (κ1) is 17.8. The number of thioether (sulfide) groups is 1. The van der Waals surface area contributed by atoms with Gasteiger partial charge in [0.1, 0.15) is 5.38 Å². The molecule has 3 nitrogen and oxygen atoms in total. The number of esters is 1. The zero-order valence-corrected chi connectivity index (χ0v) is 12.7. The van der Waals surface area contributed by atoms with Gasteiger partial charge in [0, 0.05) is 4.90 Å². The van der Waals surface area contributed by atoms with Gasteiger partial charge in [-0.1, -0.05) is 6.07 Å². The number of ketones is 1. The Morgan fingerprint density at radius 1 is 1.38 bits per heavy atom. The first-order chi connectivity index (χ1) is 9.65. The van der Waals surface area contributed by atoms with E-state index in [2.05, 4.69) is 0 Å². The van der Waals surface area contributed by atoms with Crippen molar-refractivity contribution in [3.63, 3.8) is 0 Å². The van der Waals surface area contributed by atoms with E-state index in [1.165, 1.54) is 19.9 Å². The Labute approximate surface area is 128 Å². The highest BCUT2D eigenvalue weighted by molar-refractivity contribution is 8.00. The van der Waals surface area contributed by atoms with Crippen LogP contribution in [-0.4, -0.2) is 23.9 Å². The summed E-state index contributed by atoms with van der Waals surface area (Å²) in [5.41, 5.74) is -4.55. The maximum atomic E-state index is 12.5. The minimum absolute atomic E-state index is 0.0240. The van der Waals surface area contributed by atoms with Crippen molar-refractivity contribution in [3.8, 4) is 0 Å². The molecule has 0 aliphatic carbocycles. The van der Waals surface area contributed by atoms with Crippen LogP contribution in [0.15, 0.2) is 23.1 Å². The lowest BCUT2D eigenvalue weighted by atomic mass is 10.1. The fourth-order valence-electron chi connectivity index (χ4n) is 1.52. The summed E-state index contributed by atoms with van der Waals surface area (Å²) in [5, 5.41) is -1.02. The second-order valence-electron chi connectivity index (χ2n) is 4.00. The Balaban J connectivity index is 3.26. The zero-order chi connectivity index (χ0) is 16.2. The number of hydrogen-bond donors (Lipinski definition) is 0. The van der Waals surface area contributed by atoms with Gasteiger partial charge in [-0.2, -0.15) is 13.2 Å². The molecule has 0 aliphatic rings. The van der Waals surface area contributed by atoms with E-state index in [1.54, 1.807) is 0 Å². The molecule has 0 amide bonds. The van der Waals surface area contributed by atoms with Crippen molar-refractivity contribution < 1.29 is 27.5 Å². The van der Waals surface area contributed by atoms with E-state index in [0.717, 1.165) is 12.1 Å². The molecule has 0 fully saturated rings. The number of rotatable bonds is 5. The molecule has 0 N–H and O–H groups in total. The minimum atomic E-state index is -4.54. The van der Waals surface area contributed by atoms with Crippen LogP contribution in [0, 0.1) is 0 Å². The summed E-state index contributed by atoms with van der Waals surface area (Å²) in [6, 6.07) is 3.55. The van der Waals surface area contributed by atoms with Crippen molar-refractivity contribution in [1.82, 2.24) is 0 Å². The number of alkyl halides is 4. The molecule has 8 heteroatoms. The molecule has 116 valence electrons. The number of Topliss-reactive ketones (excluding diaryl/α,β-unsaturated/α-hetero) is 1. The SMILES string of the molecule is CCOC(=O)c1cc(C(Cl)C(C)=O)ccc1SC(F)(F)F. The number of hydrogen-bond acceptors (Lipinski definition) is 4. The first-order valence-corrected chi connectivity index (χ1v) is 7.12. The van der Waals surface area contributed by atoms with Crippen molar-refractivity contribution in [1.29, 1.82) is 0 Å². The molecule has 1 aromatic carbocycles. The molecule has 21 heavy (non-hydrogen) atoms. The number of halogens is 4. The maximum absolute atomic E-state index is 12.5. The lowest BCUT2D eigenvalue weighted by Gasteiger charge is -2.13. The van der Waals surface area contributed by atoms with E-state index in [0.29, 0.717) is 0 Å². The van der Waals surface area contributed by atoms with E-state index in [-0.39, 0.29) is 28.4 Å². The number of carbonyl (C=O) groups excluding carboxylic acids is 2. The number of ether oxygens (including phenoxy) is 1. The summed E-state index contributed by atoms with van der Waals surface area (Å²) < 4.78 is 42.2. The third-order valence-electron chi connectivity index (χ3n) is 2.37. The molecule has 0 saturated heterocycles. The first-order valence-electron chi connectivity index (χ1n) is 5.87. The van der Waals surface area contributed by atoms with E-state index in [9.17, 15) is 22.8 Å². The monoisotopic (exact) mass is 340 g/mol. The second kappa shape index (κ2) is 7.17. The topological polar surface area (TPSA) is 43.4 Å². The molecule has 0 heterocycles. The summed E-state index contributed by atoms with van der Waals surface area (Å²) in [5.74, 6) is -1.26. The molecule has 1 aromatic rings. The largest absolute Gasteiger partial charge is 0.462 e. The molecule has 0 bridgehead atoms. The van der Waals surface area contributed by atoms with Crippen LogP contribution in [0.3, 0.4) is 0 Å². The number of carbonyl (C=O) groups is 2. The van der Waals surface area contributed by atoms with Crippen molar-refractivity contribution in [2.75, 3.05) is 6.61 Å². The van der Waals surface area contributed by atoms with E-state index < -0.39 is 28.6 Å². The Morgan fingerprint density at radius 2 is 2.00 bits per heavy atom. The highest BCUT2D eigenvalue weighted by atomic mass is 35.5. The molecule has 0 saturated carbocycles. The van der Waals surface area contributed by atoms with Crippen molar-refractivity contribution in [2.45, 2.75) is 29.6 Å². The van der Waals surface area contributed by atoms with Gasteiger partial charge in [0.25, 0.3) is 0 Å². The summed E-state index contributed by atoms with van der Waals surface area (Å²) in [7, 11) is 0. The van der Waals surface area contributed by atoms with Crippen LogP contribution in [0.1, 0.15) is 35.1 Å². The Morgan fingerprint density at radius 3 is 2.48 bits per heavy atom. The van der Waals surface area contributed by atoms with Gasteiger partial charge in [-0.3, -0.25) is 4.79 Å². The summed E-state index contributed by atoms with van der Waals surface area (Å²) in [4.78, 5) is 22.7. The van der Waals surface area contributed by atoms with Crippen LogP contribution in [-0.2, 0) is 9.53 Å². The Kier molecular flexibility index (Phi) is 6.10. The van der Waals surface area contributed by atoms with E-state index in [1.807, 2.05) is 0 Å². The quantitative estimate of drug-likeness (QED) is 0.454. The molecule has 0 aliphatic heterocycles. The van der Waals surface area contributed by atoms with Crippen molar-refractivity contribution in [3.05, 3.63) is 29.3 Å². The Hall–Kier alpha value is -1.21. The van der Waals surface area contributed by atoms with Crippen LogP contribution in [0.4, 0.5) is 13.2 Å². The lowest BCUT2D eigenvalue weighted by molar-refractivity contribution is -0.116. The molecule has 0 radical (unpaired) electrons. The van der Waals surface area contributed by atoms with E-state index >= 15 is 0 Å². The van der Waals surface area contributed by atoms with Gasteiger partial charge in [0.05, 0.1) is 12.2 Å². The molecule has 0 aromatic heterocycles. The molecule has 1 unspecified atom stereocenters. The standard InChI is InChI=1S/C13H12ClF3O3S/c1-3-20-12(19)9-6-8(11(14)7(2)18)4-5-10(9)21-13(15,16)17/h4-6,11H,3H2,1-2H3. The third kappa shape index (κ3) is 5.24. The fourth-order valence-corrected chi connectivity index (χ4v) is 2.30. The fraction of sp³-hybridized carbons (Fsp3) is 0.385. The molecular formula is C13H12ClF3O3S. The van der Waals surface area contributed by atoms with Crippen LogP contribution >= 0.6 is 23.4 Å². The van der Waals surface area contributed by atoms with Crippen molar-refractivity contribution >= 4 is 35.1 Å². The van der Waals surface area contributed by atoms with Gasteiger partial charge in [-0.15, -0.1) is 11.6 Å². The van der Waals surface area contributed by atoms with Crippen LogP contribution in [0.25, 0.3) is 0 Å². The molecule has 0 spiro atoms. The predicted molar refractivity (Wildman–Crippen MR) is 73.6 cm³/mol. The average molecular weight is 341 g/mol. The average Bonchev–Trinajstić information content (AvgIpc) is 2.36. The highest BCUT2D eigenvalue weighted by Gasteiger charge is 2.32. The van der Waals surface area contributed by atoms with Gasteiger partial charge >= 0.3 is 11.5 Å². The van der Waals surface area contributed by atoms with Gasteiger partial charge < -0.3 is 4.74 Å². The third-order valence-corrected chi connectivity index (χ3v) is 3.74. The van der Waals surface area contributed by atoms with Gasteiger partial charge in [0.15, 0.2) is 5.78 Å². The van der Waals surface area contributed by atoms with Crippen LogP contribution < -0.4 is 0 Å². The highest BCUT2D eigenvalue weighted by Crippen LogP contribution is 2.39. The van der Waals surface area contributed by atoms with Gasteiger partial charge in [0.2, 0.25) is 0 Å². The maximum Gasteiger partial charge on any atom is 0.446 e. The van der Waals surface area contributed by atoms with Gasteiger partial charge in [-0.05, 0) is 43.3 Å². The Bertz CT molecular complexity index is 546. The van der Waals surface area contributed by atoms with Crippen molar-refractivity contribution in [2.24, 2.45) is 0 Å². The predicted octanol–water partition coefficient (Wildman–Crippen LogP) is 4.34. The zero-order valence-electron chi connectivity index (χ0n) is 11.2. The second-order valence-corrected chi connectivity index (χ2v) is 5.54. The smallest absolute Gasteiger partial charge is 0.446 e. The summed E-state index contributed by atoms with van der Waals surface area (Å²) in [6.45, 7) is 2.81. The molecule has 1 atom stereocenters. The minimum Gasteiger partial charge on any atom is -0.462 e. The van der Waals surface area contributed by atoms with Gasteiger partial charge in [-0.25, -0.2) is 4.79 Å². The normalized spacial score (nSPS) is 12.9. The lowest BCUT2D eigenvalue weighted by Crippen LogP contribution is -2.11. The molecular weight excluding hydrogens is 329 g/mol.